The predicted octanol–water partition coefficient (Wildman–Crippen LogP) is 3.01. The minimum Gasteiger partial charge on any atom is -0.396 e. The molecule has 4 heteroatoms. The molecule has 1 N–H and O–H groups in total. The summed E-state index contributed by atoms with van der Waals surface area (Å²) < 4.78 is 0. The van der Waals surface area contributed by atoms with Crippen LogP contribution in [-0.4, -0.2) is 34.7 Å². The Balaban J connectivity index is 1.53. The second-order valence-corrected chi connectivity index (χ2v) is 7.13. The highest BCUT2D eigenvalue weighted by atomic mass is 32.1. The molecule has 0 bridgehead atoms. The van der Waals surface area contributed by atoms with Crippen LogP contribution < -0.4 is 0 Å². The first-order chi connectivity index (χ1) is 9.24. The lowest BCUT2D eigenvalue weighted by atomic mass is 9.77. The lowest BCUT2D eigenvalue weighted by Crippen LogP contribution is -2.41. The van der Waals surface area contributed by atoms with Crippen LogP contribution in [0.4, 0.5) is 0 Å². The number of hydrogen-bond acceptors (Lipinski definition) is 4. The first-order valence-corrected chi connectivity index (χ1v) is 8.40. The summed E-state index contributed by atoms with van der Waals surface area (Å²) in [5, 5.41) is 13.1. The van der Waals surface area contributed by atoms with Gasteiger partial charge in [0.1, 0.15) is 0 Å². The third kappa shape index (κ3) is 3.01. The summed E-state index contributed by atoms with van der Waals surface area (Å²) in [6.07, 6.45) is 6.03. The van der Waals surface area contributed by atoms with E-state index in [1.807, 2.05) is 11.3 Å². The Morgan fingerprint density at radius 3 is 2.74 bits per heavy atom. The van der Waals surface area contributed by atoms with Gasteiger partial charge in [0.2, 0.25) is 0 Å². The molecule has 0 aromatic carbocycles. The molecule has 3 rings (SSSR count). The largest absolute Gasteiger partial charge is 0.396 e. The van der Waals surface area contributed by atoms with Crippen molar-refractivity contribution < 1.29 is 5.11 Å². The van der Waals surface area contributed by atoms with Crippen LogP contribution in [0.25, 0.3) is 0 Å². The van der Waals surface area contributed by atoms with Gasteiger partial charge >= 0.3 is 0 Å². The summed E-state index contributed by atoms with van der Waals surface area (Å²) in [6.45, 7) is 5.75. The maximum atomic E-state index is 9.56. The lowest BCUT2D eigenvalue weighted by Gasteiger charge is -2.40. The van der Waals surface area contributed by atoms with Crippen molar-refractivity contribution >= 4 is 11.3 Å². The van der Waals surface area contributed by atoms with E-state index in [2.05, 4.69) is 17.2 Å². The minimum atomic E-state index is 0.192. The molecular weight excluding hydrogens is 256 g/mol. The smallest absolute Gasteiger partial charge is 0.0959 e. The number of piperidine rings is 1. The van der Waals surface area contributed by atoms with Crippen LogP contribution in [0.15, 0.2) is 5.38 Å². The summed E-state index contributed by atoms with van der Waals surface area (Å²) in [5.74, 6) is 0.780. The van der Waals surface area contributed by atoms with Crippen molar-refractivity contribution in [2.75, 3.05) is 19.7 Å². The van der Waals surface area contributed by atoms with Crippen LogP contribution in [0.3, 0.4) is 0 Å². The molecule has 2 fully saturated rings. The zero-order chi connectivity index (χ0) is 13.3. The molecule has 0 atom stereocenters. The van der Waals surface area contributed by atoms with Gasteiger partial charge in [-0.3, -0.25) is 4.90 Å². The summed E-state index contributed by atoms with van der Waals surface area (Å²) in [4.78, 5) is 7.27. The van der Waals surface area contributed by atoms with Gasteiger partial charge in [0.05, 0.1) is 10.7 Å². The third-order valence-electron chi connectivity index (χ3n) is 4.88. The van der Waals surface area contributed by atoms with Gasteiger partial charge in [-0.25, -0.2) is 4.98 Å². The van der Waals surface area contributed by atoms with E-state index in [1.54, 1.807) is 0 Å². The van der Waals surface area contributed by atoms with Crippen LogP contribution in [-0.2, 0) is 6.54 Å². The number of hydrogen-bond donors (Lipinski definition) is 1. The summed E-state index contributed by atoms with van der Waals surface area (Å²) >= 11 is 1.84. The maximum Gasteiger partial charge on any atom is 0.0959 e. The number of aromatic nitrogens is 1. The first kappa shape index (κ1) is 13.5. The van der Waals surface area contributed by atoms with E-state index < -0.39 is 0 Å². The second-order valence-electron chi connectivity index (χ2n) is 6.24. The molecular formula is C15H24N2OS. The van der Waals surface area contributed by atoms with Crippen LogP contribution >= 0.6 is 11.3 Å². The van der Waals surface area contributed by atoms with Crippen LogP contribution in [0.2, 0.25) is 0 Å². The Kier molecular flexibility index (Phi) is 3.92. The highest BCUT2D eigenvalue weighted by Gasteiger charge is 2.32. The molecule has 1 saturated heterocycles. The molecule has 1 saturated carbocycles. The van der Waals surface area contributed by atoms with Gasteiger partial charge in [-0.2, -0.15) is 0 Å². The van der Waals surface area contributed by atoms with Gasteiger partial charge in [0.15, 0.2) is 0 Å². The van der Waals surface area contributed by atoms with E-state index in [1.165, 1.54) is 23.5 Å². The summed E-state index contributed by atoms with van der Waals surface area (Å²) in [7, 11) is 0. The van der Waals surface area contributed by atoms with Crippen molar-refractivity contribution in [2.24, 2.45) is 5.41 Å². The van der Waals surface area contributed by atoms with E-state index in [4.69, 9.17) is 4.98 Å². The highest BCUT2D eigenvalue weighted by molar-refractivity contribution is 7.09. The van der Waals surface area contributed by atoms with E-state index in [0.29, 0.717) is 6.61 Å². The van der Waals surface area contributed by atoms with Gasteiger partial charge in [-0.1, -0.05) is 6.92 Å². The van der Waals surface area contributed by atoms with Crippen molar-refractivity contribution in [2.45, 2.75) is 51.5 Å². The monoisotopic (exact) mass is 280 g/mol. The average Bonchev–Trinajstić information content (AvgIpc) is 3.21. The molecule has 0 radical (unpaired) electrons. The van der Waals surface area contributed by atoms with E-state index >= 15 is 0 Å². The Morgan fingerprint density at radius 1 is 1.42 bits per heavy atom. The maximum absolute atomic E-state index is 9.56. The zero-order valence-corrected chi connectivity index (χ0v) is 12.6. The molecule has 106 valence electrons. The summed E-state index contributed by atoms with van der Waals surface area (Å²) in [6, 6.07) is 0. The number of rotatable bonds is 5. The van der Waals surface area contributed by atoms with Gasteiger partial charge in [0.25, 0.3) is 0 Å². The molecule has 2 heterocycles. The molecule has 19 heavy (non-hydrogen) atoms. The third-order valence-corrected chi connectivity index (χ3v) is 5.94. The van der Waals surface area contributed by atoms with Gasteiger partial charge < -0.3 is 5.11 Å². The number of aliphatic hydroxyl groups is 1. The quantitative estimate of drug-likeness (QED) is 0.900. The molecule has 1 aromatic rings. The number of likely N-dealkylation sites (tertiary alicyclic amines) is 1. The van der Waals surface area contributed by atoms with E-state index in [9.17, 15) is 5.11 Å². The van der Waals surface area contributed by atoms with Gasteiger partial charge in [0, 0.05) is 24.4 Å². The van der Waals surface area contributed by atoms with Crippen molar-refractivity contribution in [3.05, 3.63) is 16.1 Å². The number of aliphatic hydroxyl groups excluding tert-OH is 1. The summed E-state index contributed by atoms with van der Waals surface area (Å²) in [5.41, 5.74) is 1.44. The lowest BCUT2D eigenvalue weighted by molar-refractivity contribution is 0.0379. The van der Waals surface area contributed by atoms with Gasteiger partial charge in [-0.05, 0) is 50.6 Å². The van der Waals surface area contributed by atoms with Crippen LogP contribution in [0.5, 0.6) is 0 Å². The topological polar surface area (TPSA) is 36.4 Å². The SMILES string of the molecule is CCC1(CO)CCN(Cc2csc(C3CC3)n2)CC1. The fraction of sp³-hybridized carbons (Fsp3) is 0.800. The predicted molar refractivity (Wildman–Crippen MR) is 78.4 cm³/mol. The minimum absolute atomic E-state index is 0.192. The molecule has 2 aliphatic rings. The fourth-order valence-corrected chi connectivity index (χ4v) is 3.93. The normalized spacial score (nSPS) is 23.7. The number of thiazole rings is 1. The molecule has 3 nitrogen and oxygen atoms in total. The molecule has 1 aliphatic heterocycles. The Morgan fingerprint density at radius 2 is 2.16 bits per heavy atom. The fourth-order valence-electron chi connectivity index (χ4n) is 2.95. The Hall–Kier alpha value is -0.450. The zero-order valence-electron chi connectivity index (χ0n) is 11.8. The number of nitrogens with zero attached hydrogens (tertiary/aromatic N) is 2. The van der Waals surface area contributed by atoms with Gasteiger partial charge in [-0.15, -0.1) is 11.3 Å². The average molecular weight is 280 g/mol. The Labute approximate surface area is 119 Å². The van der Waals surface area contributed by atoms with Crippen molar-refractivity contribution in [1.29, 1.82) is 0 Å². The van der Waals surface area contributed by atoms with Crippen LogP contribution in [0.1, 0.15) is 55.6 Å². The molecule has 1 aliphatic carbocycles. The van der Waals surface area contributed by atoms with Crippen LogP contribution in [0, 0.1) is 5.41 Å². The highest BCUT2D eigenvalue weighted by Crippen LogP contribution is 2.41. The van der Waals surface area contributed by atoms with E-state index in [0.717, 1.165) is 44.8 Å². The Bertz CT molecular complexity index is 414. The second kappa shape index (κ2) is 5.51. The van der Waals surface area contributed by atoms with Crippen molar-refractivity contribution in [1.82, 2.24) is 9.88 Å². The standard InChI is InChI=1S/C15H24N2OS/c1-2-15(11-18)5-7-17(8-6-15)9-13-10-19-14(16-13)12-3-4-12/h10,12,18H,2-9,11H2,1H3. The van der Waals surface area contributed by atoms with E-state index in [-0.39, 0.29) is 5.41 Å². The molecule has 0 unspecified atom stereocenters. The molecule has 1 aromatic heterocycles. The molecule has 0 amide bonds. The molecule has 0 spiro atoms. The van der Waals surface area contributed by atoms with Crippen molar-refractivity contribution in [3.8, 4) is 0 Å². The first-order valence-electron chi connectivity index (χ1n) is 7.52. The van der Waals surface area contributed by atoms with Crippen molar-refractivity contribution in [3.63, 3.8) is 0 Å².